The van der Waals surface area contributed by atoms with Crippen molar-refractivity contribution in [3.8, 4) is 23.3 Å². The Hall–Kier alpha value is -3.09. The van der Waals surface area contributed by atoms with Gasteiger partial charge in [0.2, 0.25) is 5.60 Å². The van der Waals surface area contributed by atoms with E-state index in [0.717, 1.165) is 0 Å². The quantitative estimate of drug-likeness (QED) is 0.355. The lowest BCUT2D eigenvalue weighted by molar-refractivity contribution is 0.214. The van der Waals surface area contributed by atoms with E-state index in [9.17, 15) is 5.11 Å². The molecule has 0 bridgehead atoms. The van der Waals surface area contributed by atoms with Gasteiger partial charge in [-0.3, -0.25) is 0 Å². The van der Waals surface area contributed by atoms with E-state index in [1.54, 1.807) is 6.92 Å². The molecule has 0 aromatic heterocycles. The van der Waals surface area contributed by atoms with Crippen LogP contribution in [0.25, 0.3) is 0 Å². The van der Waals surface area contributed by atoms with E-state index in [0.29, 0.717) is 0 Å². The normalized spacial score (nSPS) is 13.4. The topological polar surface area (TPSA) is 20.2 Å². The summed E-state index contributed by atoms with van der Waals surface area (Å²) in [5.41, 5.74) is 4.03. The van der Waals surface area contributed by atoms with Crippen LogP contribution in [0.15, 0.2) is 103 Å². The maximum Gasteiger partial charge on any atom is 0.206 e. The minimum Gasteiger partial charge on any atom is -0.364 e. The molecule has 0 saturated heterocycles. The van der Waals surface area contributed by atoms with E-state index >= 15 is 0 Å². The molecule has 3 rings (SSSR count). The Morgan fingerprint density at radius 1 is 0.688 bits per heavy atom. The van der Waals surface area contributed by atoms with E-state index in [4.69, 9.17) is 0 Å². The van der Waals surface area contributed by atoms with Crippen LogP contribution < -0.4 is 15.6 Å². The maximum absolute atomic E-state index is 11.4. The highest BCUT2D eigenvalue weighted by Crippen LogP contribution is 2.14. The van der Waals surface area contributed by atoms with Crippen molar-refractivity contribution in [1.29, 1.82) is 0 Å². The van der Waals surface area contributed by atoms with Gasteiger partial charge in [-0.25, -0.2) is 0 Å². The monoisotopic (exact) mass is 450 g/mol. The maximum atomic E-state index is 11.4. The van der Waals surface area contributed by atoms with Crippen LogP contribution in [0.2, 0.25) is 19.6 Å². The van der Waals surface area contributed by atoms with Gasteiger partial charge in [0.05, 0.1) is 0 Å². The highest BCUT2D eigenvalue weighted by atomic mass is 28.3. The Labute approximate surface area is 194 Å². The molecule has 3 aromatic rings. The van der Waals surface area contributed by atoms with Crippen molar-refractivity contribution in [3.05, 3.63) is 103 Å². The summed E-state index contributed by atoms with van der Waals surface area (Å²) >= 11 is 0. The first kappa shape index (κ1) is 23.6. The highest BCUT2D eigenvalue weighted by Gasteiger charge is 2.37. The molecule has 1 nitrogen and oxygen atoms in total. The van der Waals surface area contributed by atoms with Crippen molar-refractivity contribution in [1.82, 2.24) is 0 Å². The number of benzene rings is 3. The molecule has 3 aromatic carbocycles. The zero-order chi connectivity index (χ0) is 23.1. The van der Waals surface area contributed by atoms with Gasteiger partial charge in [-0.15, -0.1) is 11.5 Å². The van der Waals surface area contributed by atoms with Gasteiger partial charge in [0.25, 0.3) is 0 Å². The summed E-state index contributed by atoms with van der Waals surface area (Å²) in [6.07, 6.45) is 1.83. The Morgan fingerprint density at radius 2 is 1.09 bits per heavy atom. The third kappa shape index (κ3) is 5.58. The third-order valence-corrected chi connectivity index (χ3v) is 10.5. The molecule has 1 atom stereocenters. The molecule has 1 N–H and O–H groups in total. The van der Waals surface area contributed by atoms with Crippen LogP contribution >= 0.6 is 0 Å². The second kappa shape index (κ2) is 10.0. The van der Waals surface area contributed by atoms with Crippen LogP contribution in [0.4, 0.5) is 0 Å². The van der Waals surface area contributed by atoms with Crippen molar-refractivity contribution in [2.75, 3.05) is 0 Å². The Morgan fingerprint density at radius 3 is 1.44 bits per heavy atom. The van der Waals surface area contributed by atoms with Gasteiger partial charge in [0, 0.05) is 0 Å². The smallest absolute Gasteiger partial charge is 0.206 e. The van der Waals surface area contributed by atoms with E-state index in [1.807, 2.05) is 24.3 Å². The van der Waals surface area contributed by atoms with Crippen molar-refractivity contribution in [3.63, 3.8) is 0 Å². The molecule has 0 aliphatic heterocycles. The van der Waals surface area contributed by atoms with Gasteiger partial charge in [-0.05, 0) is 28.6 Å². The Kier molecular flexibility index (Phi) is 7.38. The molecule has 1 unspecified atom stereocenters. The largest absolute Gasteiger partial charge is 0.364 e. The number of aliphatic hydroxyl groups is 1. The van der Waals surface area contributed by atoms with Crippen LogP contribution in [0.5, 0.6) is 0 Å². The Bertz CT molecular complexity index is 1070. The average Bonchev–Trinajstić information content (AvgIpc) is 2.80. The number of rotatable bonds is 5. The van der Waals surface area contributed by atoms with Gasteiger partial charge in [-0.2, -0.15) is 0 Å². The zero-order valence-electron chi connectivity index (χ0n) is 19.3. The lowest BCUT2D eigenvalue weighted by atomic mass is 10.1. The lowest BCUT2D eigenvalue weighted by Gasteiger charge is -2.31. The molecule has 3 heteroatoms. The molecule has 32 heavy (non-hydrogen) atoms. The summed E-state index contributed by atoms with van der Waals surface area (Å²) in [5.74, 6) is 8.92. The molecule has 0 aliphatic carbocycles. The summed E-state index contributed by atoms with van der Waals surface area (Å²) in [5, 5.41) is 15.1. The zero-order valence-corrected chi connectivity index (χ0v) is 21.3. The first-order valence-electron chi connectivity index (χ1n) is 10.9. The molecular formula is C29H30OSi2. The van der Waals surface area contributed by atoms with E-state index in [1.165, 1.54) is 15.6 Å². The first-order valence-corrected chi connectivity index (χ1v) is 16.4. The summed E-state index contributed by atoms with van der Waals surface area (Å²) < 4.78 is 0. The summed E-state index contributed by atoms with van der Waals surface area (Å²) in [4.78, 5) is 0. The predicted octanol–water partition coefficient (Wildman–Crippen LogP) is 3.89. The van der Waals surface area contributed by atoms with E-state index in [-0.39, 0.29) is 0 Å². The standard InChI is InChI=1S/C29H30OSi2/c1-5-21-29(30,22-24-31(2,3)4)23-25-32(26-15-9-6-10-16-26,27-17-11-7-12-18-27)28-19-13-8-14-20-28/h6-20,23,25,30H,1-4H3/b25-23+. The van der Waals surface area contributed by atoms with Gasteiger partial charge in [0.15, 0.2) is 8.07 Å². The van der Waals surface area contributed by atoms with Crippen LogP contribution in [0.3, 0.4) is 0 Å². The molecule has 0 saturated carbocycles. The minimum atomic E-state index is -2.60. The van der Waals surface area contributed by atoms with Crippen molar-refractivity contribution in [2.24, 2.45) is 0 Å². The van der Waals surface area contributed by atoms with E-state index < -0.39 is 21.7 Å². The predicted molar refractivity (Wildman–Crippen MR) is 143 cm³/mol. The fraction of sp³-hybridized carbons (Fsp3) is 0.172. The summed E-state index contributed by atoms with van der Waals surface area (Å²) in [6, 6.07) is 31.8. The SMILES string of the molecule is CC#CC(O)(C#C[Si](C)(C)C)/C=C/[Si](c1ccccc1)(c1ccccc1)c1ccccc1. The fourth-order valence-electron chi connectivity index (χ4n) is 3.73. The van der Waals surface area contributed by atoms with Crippen LogP contribution in [0.1, 0.15) is 6.92 Å². The number of hydrogen-bond donors (Lipinski definition) is 1. The average molecular weight is 451 g/mol. The number of hydrogen-bond acceptors (Lipinski definition) is 1. The van der Waals surface area contributed by atoms with Crippen LogP contribution in [-0.4, -0.2) is 26.9 Å². The van der Waals surface area contributed by atoms with Crippen molar-refractivity contribution >= 4 is 31.7 Å². The Balaban J connectivity index is 2.31. The first-order chi connectivity index (χ1) is 15.3. The third-order valence-electron chi connectivity index (χ3n) is 5.21. The molecule has 0 amide bonds. The lowest BCUT2D eigenvalue weighted by Crippen LogP contribution is -2.66. The van der Waals surface area contributed by atoms with Crippen LogP contribution in [-0.2, 0) is 0 Å². The van der Waals surface area contributed by atoms with Crippen LogP contribution in [0, 0.1) is 23.3 Å². The molecule has 0 heterocycles. The van der Waals surface area contributed by atoms with Gasteiger partial charge in [0.1, 0.15) is 8.07 Å². The molecular weight excluding hydrogens is 420 g/mol. The molecule has 160 valence electrons. The highest BCUT2D eigenvalue weighted by molar-refractivity contribution is 7.14. The van der Waals surface area contributed by atoms with Gasteiger partial charge in [-0.1, -0.05) is 128 Å². The van der Waals surface area contributed by atoms with E-state index in [2.05, 4.69) is 121 Å². The molecule has 0 radical (unpaired) electrons. The fourth-order valence-corrected chi connectivity index (χ4v) is 8.51. The molecule has 0 aliphatic rings. The van der Waals surface area contributed by atoms with Crippen molar-refractivity contribution in [2.45, 2.75) is 32.2 Å². The summed E-state index contributed by atoms with van der Waals surface area (Å²) in [7, 11) is -4.28. The summed E-state index contributed by atoms with van der Waals surface area (Å²) in [6.45, 7) is 8.24. The van der Waals surface area contributed by atoms with Gasteiger partial charge >= 0.3 is 0 Å². The van der Waals surface area contributed by atoms with Crippen molar-refractivity contribution < 1.29 is 5.11 Å². The van der Waals surface area contributed by atoms with Gasteiger partial charge < -0.3 is 5.11 Å². The molecule has 0 spiro atoms. The second-order valence-corrected chi connectivity index (χ2v) is 17.3. The minimum absolute atomic E-state index is 1.25. The molecule has 0 fully saturated rings. The second-order valence-electron chi connectivity index (χ2n) is 8.88.